The van der Waals surface area contributed by atoms with E-state index in [1.54, 1.807) is 13.2 Å². The summed E-state index contributed by atoms with van der Waals surface area (Å²) in [5.41, 5.74) is 9.98. The number of hydrogen-bond donors (Lipinski definition) is 1. The SMILES string of the molecule is COc1ccc(C(O)CN=[N+]=[N-])cc1C(C)C. The molecule has 0 spiro atoms. The molecule has 0 fully saturated rings. The van der Waals surface area contributed by atoms with Crippen molar-refractivity contribution in [2.24, 2.45) is 5.11 Å². The molecule has 0 radical (unpaired) electrons. The van der Waals surface area contributed by atoms with Crippen molar-refractivity contribution in [1.82, 2.24) is 0 Å². The summed E-state index contributed by atoms with van der Waals surface area (Å²) in [7, 11) is 1.62. The molecule has 1 aromatic rings. The number of benzene rings is 1. The van der Waals surface area contributed by atoms with Crippen LogP contribution in [0.1, 0.15) is 37.0 Å². The minimum atomic E-state index is -0.769. The lowest BCUT2D eigenvalue weighted by atomic mass is 9.97. The zero-order chi connectivity index (χ0) is 12.8. The maximum atomic E-state index is 9.82. The van der Waals surface area contributed by atoms with E-state index in [1.807, 2.05) is 12.1 Å². The van der Waals surface area contributed by atoms with Crippen LogP contribution in [0, 0.1) is 0 Å². The topological polar surface area (TPSA) is 78.2 Å². The molecule has 0 heterocycles. The van der Waals surface area contributed by atoms with Crippen molar-refractivity contribution in [3.63, 3.8) is 0 Å². The highest BCUT2D eigenvalue weighted by atomic mass is 16.5. The Hall–Kier alpha value is -1.71. The van der Waals surface area contributed by atoms with E-state index in [-0.39, 0.29) is 6.54 Å². The first-order valence-corrected chi connectivity index (χ1v) is 5.47. The Morgan fingerprint density at radius 1 is 1.47 bits per heavy atom. The third kappa shape index (κ3) is 3.37. The third-order valence-corrected chi connectivity index (χ3v) is 2.58. The molecule has 5 heteroatoms. The van der Waals surface area contributed by atoms with Gasteiger partial charge < -0.3 is 9.84 Å². The molecule has 0 aliphatic rings. The minimum absolute atomic E-state index is 0.0420. The highest BCUT2D eigenvalue weighted by molar-refractivity contribution is 5.40. The van der Waals surface area contributed by atoms with E-state index in [0.29, 0.717) is 5.92 Å². The Bertz CT molecular complexity index is 426. The number of aliphatic hydroxyl groups is 1. The molecule has 0 amide bonds. The number of ether oxygens (including phenoxy) is 1. The van der Waals surface area contributed by atoms with Crippen molar-refractivity contribution in [3.8, 4) is 5.75 Å². The van der Waals surface area contributed by atoms with Gasteiger partial charge in [-0.2, -0.15) is 0 Å². The van der Waals surface area contributed by atoms with E-state index >= 15 is 0 Å². The van der Waals surface area contributed by atoms with Crippen LogP contribution in [0.2, 0.25) is 0 Å². The molecule has 92 valence electrons. The fraction of sp³-hybridized carbons (Fsp3) is 0.500. The molecule has 0 aromatic heterocycles. The van der Waals surface area contributed by atoms with Crippen LogP contribution in [0.4, 0.5) is 0 Å². The monoisotopic (exact) mass is 235 g/mol. The smallest absolute Gasteiger partial charge is 0.122 e. The fourth-order valence-electron chi connectivity index (χ4n) is 1.63. The summed E-state index contributed by atoms with van der Waals surface area (Å²) < 4.78 is 5.26. The van der Waals surface area contributed by atoms with Crippen molar-refractivity contribution in [2.45, 2.75) is 25.9 Å². The van der Waals surface area contributed by atoms with Gasteiger partial charge in [-0.3, -0.25) is 0 Å². The van der Waals surface area contributed by atoms with E-state index in [2.05, 4.69) is 23.9 Å². The first-order chi connectivity index (χ1) is 8.10. The van der Waals surface area contributed by atoms with Crippen molar-refractivity contribution in [2.75, 3.05) is 13.7 Å². The van der Waals surface area contributed by atoms with Crippen LogP contribution >= 0.6 is 0 Å². The molecule has 0 aliphatic heterocycles. The molecule has 1 atom stereocenters. The van der Waals surface area contributed by atoms with Gasteiger partial charge in [-0.15, -0.1) is 0 Å². The Balaban J connectivity index is 3.02. The number of aliphatic hydroxyl groups excluding tert-OH is 1. The Kier molecular flexibility index (Phi) is 4.82. The summed E-state index contributed by atoms with van der Waals surface area (Å²) >= 11 is 0. The number of azide groups is 1. The molecule has 1 rings (SSSR count). The van der Waals surface area contributed by atoms with Crippen molar-refractivity contribution >= 4 is 0 Å². The fourth-order valence-corrected chi connectivity index (χ4v) is 1.63. The van der Waals surface area contributed by atoms with Crippen LogP contribution in [-0.4, -0.2) is 18.8 Å². The van der Waals surface area contributed by atoms with Crippen LogP contribution in [0.25, 0.3) is 10.4 Å². The van der Waals surface area contributed by atoms with Crippen molar-refractivity contribution < 1.29 is 9.84 Å². The highest BCUT2D eigenvalue weighted by Gasteiger charge is 2.12. The van der Waals surface area contributed by atoms with Crippen LogP contribution in [-0.2, 0) is 0 Å². The first kappa shape index (κ1) is 13.4. The Morgan fingerprint density at radius 2 is 2.18 bits per heavy atom. The lowest BCUT2D eigenvalue weighted by Gasteiger charge is -2.15. The van der Waals surface area contributed by atoms with Gasteiger partial charge in [0.05, 0.1) is 19.8 Å². The second-order valence-electron chi connectivity index (χ2n) is 4.09. The maximum absolute atomic E-state index is 9.82. The predicted octanol–water partition coefficient (Wildman–Crippen LogP) is 3.16. The van der Waals surface area contributed by atoms with Gasteiger partial charge in [0.25, 0.3) is 0 Å². The summed E-state index contributed by atoms with van der Waals surface area (Å²) in [6.45, 7) is 4.16. The zero-order valence-corrected chi connectivity index (χ0v) is 10.3. The molecule has 5 nitrogen and oxygen atoms in total. The van der Waals surface area contributed by atoms with E-state index in [4.69, 9.17) is 10.3 Å². The largest absolute Gasteiger partial charge is 0.496 e. The Morgan fingerprint density at radius 3 is 2.71 bits per heavy atom. The highest BCUT2D eigenvalue weighted by Crippen LogP contribution is 2.29. The molecule has 1 unspecified atom stereocenters. The molecular weight excluding hydrogens is 218 g/mol. The normalized spacial score (nSPS) is 12.1. The lowest BCUT2D eigenvalue weighted by Crippen LogP contribution is -2.03. The summed E-state index contributed by atoms with van der Waals surface area (Å²) in [6.07, 6.45) is -0.769. The molecule has 1 aromatic carbocycles. The van der Waals surface area contributed by atoms with Gasteiger partial charge in [0.1, 0.15) is 5.75 Å². The van der Waals surface area contributed by atoms with Gasteiger partial charge in [0.15, 0.2) is 0 Å². The molecule has 0 saturated carbocycles. The Labute approximate surface area is 101 Å². The van der Waals surface area contributed by atoms with Gasteiger partial charge in [-0.05, 0) is 34.7 Å². The van der Waals surface area contributed by atoms with Gasteiger partial charge in [-0.1, -0.05) is 25.0 Å². The lowest BCUT2D eigenvalue weighted by molar-refractivity contribution is 0.186. The third-order valence-electron chi connectivity index (χ3n) is 2.58. The summed E-state index contributed by atoms with van der Waals surface area (Å²) in [5, 5.41) is 13.2. The second kappa shape index (κ2) is 6.13. The number of nitrogens with zero attached hydrogens (tertiary/aromatic N) is 3. The van der Waals surface area contributed by atoms with Gasteiger partial charge in [-0.25, -0.2) is 0 Å². The van der Waals surface area contributed by atoms with Crippen LogP contribution < -0.4 is 4.74 Å². The van der Waals surface area contributed by atoms with E-state index in [9.17, 15) is 5.11 Å². The average molecular weight is 235 g/mol. The van der Waals surface area contributed by atoms with Crippen LogP contribution in [0.5, 0.6) is 5.75 Å². The summed E-state index contributed by atoms with van der Waals surface area (Å²) in [5.74, 6) is 1.11. The predicted molar refractivity (Wildman–Crippen MR) is 66.1 cm³/mol. The molecular formula is C12H17N3O2. The van der Waals surface area contributed by atoms with Gasteiger partial charge in [0.2, 0.25) is 0 Å². The number of rotatable bonds is 5. The van der Waals surface area contributed by atoms with E-state index in [0.717, 1.165) is 16.9 Å². The van der Waals surface area contributed by atoms with Gasteiger partial charge >= 0.3 is 0 Å². The number of methoxy groups -OCH3 is 1. The molecule has 0 aliphatic carbocycles. The molecule has 1 N–H and O–H groups in total. The van der Waals surface area contributed by atoms with Crippen LogP contribution in [0.3, 0.4) is 0 Å². The molecule has 0 saturated heterocycles. The molecule has 0 bridgehead atoms. The molecule has 17 heavy (non-hydrogen) atoms. The minimum Gasteiger partial charge on any atom is -0.496 e. The zero-order valence-electron chi connectivity index (χ0n) is 10.3. The van der Waals surface area contributed by atoms with E-state index in [1.165, 1.54) is 0 Å². The average Bonchev–Trinajstić information content (AvgIpc) is 2.34. The standard InChI is InChI=1S/C12H17N3O2/c1-8(2)10-6-9(4-5-12(10)17-3)11(16)7-14-15-13/h4-6,8,11,16H,7H2,1-3H3. The van der Waals surface area contributed by atoms with Crippen molar-refractivity contribution in [1.29, 1.82) is 0 Å². The second-order valence-corrected chi connectivity index (χ2v) is 4.09. The number of hydrogen-bond acceptors (Lipinski definition) is 3. The van der Waals surface area contributed by atoms with E-state index < -0.39 is 6.10 Å². The maximum Gasteiger partial charge on any atom is 0.122 e. The van der Waals surface area contributed by atoms with Crippen LogP contribution in [0.15, 0.2) is 23.3 Å². The summed E-state index contributed by atoms with van der Waals surface area (Å²) in [4.78, 5) is 2.63. The first-order valence-electron chi connectivity index (χ1n) is 5.47. The summed E-state index contributed by atoms with van der Waals surface area (Å²) in [6, 6.07) is 5.49. The van der Waals surface area contributed by atoms with Gasteiger partial charge in [0, 0.05) is 4.91 Å². The van der Waals surface area contributed by atoms with Crippen molar-refractivity contribution in [3.05, 3.63) is 39.8 Å². The quantitative estimate of drug-likeness (QED) is 0.483.